The largest absolute Gasteiger partial charge is 0.297 e. The summed E-state index contributed by atoms with van der Waals surface area (Å²) in [5, 5.41) is 0. The summed E-state index contributed by atoms with van der Waals surface area (Å²) in [4.78, 5) is 2.73. The first-order chi connectivity index (χ1) is 4.43. The van der Waals surface area contributed by atoms with Crippen LogP contribution in [0.25, 0.3) is 0 Å². The molecule has 0 aromatic heterocycles. The highest BCUT2D eigenvalue weighted by atomic mass is 15.3. The molecule has 3 aliphatic rings. The molecule has 0 N–H and O–H groups in total. The van der Waals surface area contributed by atoms with Crippen LogP contribution in [-0.2, 0) is 0 Å². The van der Waals surface area contributed by atoms with Gasteiger partial charge >= 0.3 is 0 Å². The fraction of sp³-hybridized carbons (Fsp3) is 1.00. The van der Waals surface area contributed by atoms with Gasteiger partial charge in [-0.25, -0.2) is 0 Å². The van der Waals surface area contributed by atoms with E-state index in [1.807, 2.05) is 0 Å². The average Bonchev–Trinajstić information content (AvgIpc) is 2.04. The molecule has 0 aromatic rings. The Morgan fingerprint density at radius 1 is 1.00 bits per heavy atom. The molecule has 3 unspecified atom stereocenters. The van der Waals surface area contributed by atoms with Gasteiger partial charge in [0.1, 0.15) is 0 Å². The van der Waals surface area contributed by atoms with Crippen LogP contribution in [0.15, 0.2) is 0 Å². The Labute approximate surface area is 56.0 Å². The maximum Gasteiger partial charge on any atom is 0.0116 e. The summed E-state index contributed by atoms with van der Waals surface area (Å²) >= 11 is 0. The van der Waals surface area contributed by atoms with Crippen LogP contribution in [0.4, 0.5) is 0 Å². The van der Waals surface area contributed by atoms with E-state index in [1.54, 1.807) is 0 Å². The third kappa shape index (κ3) is 0.454. The highest BCUT2D eigenvalue weighted by Gasteiger charge is 2.48. The van der Waals surface area contributed by atoms with Crippen LogP contribution in [0.3, 0.4) is 0 Å². The van der Waals surface area contributed by atoms with Gasteiger partial charge < -0.3 is 0 Å². The van der Waals surface area contributed by atoms with Crippen molar-refractivity contribution in [2.24, 2.45) is 5.92 Å². The Hall–Kier alpha value is -0.0400. The van der Waals surface area contributed by atoms with E-state index in [-0.39, 0.29) is 0 Å². The highest BCUT2D eigenvalue weighted by Crippen LogP contribution is 2.45. The van der Waals surface area contributed by atoms with Gasteiger partial charge in [0.2, 0.25) is 0 Å². The molecule has 2 bridgehead atoms. The van der Waals surface area contributed by atoms with Gasteiger partial charge in [-0.1, -0.05) is 0 Å². The fourth-order valence-electron chi connectivity index (χ4n) is 2.95. The van der Waals surface area contributed by atoms with Gasteiger partial charge in [-0.05, 0) is 31.6 Å². The quantitative estimate of drug-likeness (QED) is 0.468. The first-order valence-corrected chi connectivity index (χ1v) is 4.19. The number of nitrogens with zero attached hydrogens (tertiary/aromatic N) is 1. The molecule has 3 aliphatic heterocycles. The Bertz CT molecular complexity index is 130. The molecule has 3 heterocycles. The minimum Gasteiger partial charge on any atom is -0.297 e. The SMILES string of the molecule is C1CC2CC3CC1CN23. The average molecular weight is 123 g/mol. The first kappa shape index (κ1) is 4.73. The zero-order valence-electron chi connectivity index (χ0n) is 5.71. The van der Waals surface area contributed by atoms with Crippen molar-refractivity contribution in [1.29, 1.82) is 0 Å². The molecule has 3 saturated heterocycles. The highest BCUT2D eigenvalue weighted by molar-refractivity contribution is 5.03. The molecule has 3 atom stereocenters. The van der Waals surface area contributed by atoms with Crippen molar-refractivity contribution in [3.63, 3.8) is 0 Å². The molecule has 3 fully saturated rings. The number of piperidine rings is 1. The zero-order valence-corrected chi connectivity index (χ0v) is 5.71. The van der Waals surface area contributed by atoms with E-state index in [9.17, 15) is 0 Å². The third-order valence-corrected chi connectivity index (χ3v) is 3.46. The molecule has 1 nitrogen and oxygen atoms in total. The lowest BCUT2D eigenvalue weighted by atomic mass is 9.92. The maximum atomic E-state index is 2.73. The molecular formula is C8H13N. The predicted molar refractivity (Wildman–Crippen MR) is 36.2 cm³/mol. The molecule has 0 aromatic carbocycles. The van der Waals surface area contributed by atoms with E-state index in [4.69, 9.17) is 0 Å². The monoisotopic (exact) mass is 123 g/mol. The molecule has 0 radical (unpaired) electrons. The van der Waals surface area contributed by atoms with E-state index in [1.165, 1.54) is 32.2 Å². The molecule has 3 rings (SSSR count). The Morgan fingerprint density at radius 3 is 2.89 bits per heavy atom. The van der Waals surface area contributed by atoms with Crippen LogP contribution >= 0.6 is 0 Å². The molecule has 0 aliphatic carbocycles. The van der Waals surface area contributed by atoms with Crippen molar-refractivity contribution in [2.45, 2.75) is 37.8 Å². The van der Waals surface area contributed by atoms with Gasteiger partial charge in [-0.2, -0.15) is 0 Å². The third-order valence-electron chi connectivity index (χ3n) is 3.46. The van der Waals surface area contributed by atoms with Gasteiger partial charge in [-0.3, -0.25) is 4.90 Å². The summed E-state index contributed by atoms with van der Waals surface area (Å²) in [6, 6.07) is 2.08. The zero-order chi connectivity index (χ0) is 5.84. The van der Waals surface area contributed by atoms with E-state index < -0.39 is 0 Å². The van der Waals surface area contributed by atoms with Crippen LogP contribution in [0.2, 0.25) is 0 Å². The number of rotatable bonds is 0. The summed E-state index contributed by atoms with van der Waals surface area (Å²) in [6.45, 7) is 1.45. The van der Waals surface area contributed by atoms with Crippen LogP contribution in [0, 0.1) is 5.92 Å². The number of hydrogen-bond acceptors (Lipinski definition) is 1. The molecule has 0 saturated carbocycles. The van der Waals surface area contributed by atoms with Crippen molar-refractivity contribution < 1.29 is 0 Å². The molecule has 50 valence electrons. The van der Waals surface area contributed by atoms with Crippen molar-refractivity contribution in [2.75, 3.05) is 6.54 Å². The summed E-state index contributed by atoms with van der Waals surface area (Å²) < 4.78 is 0. The summed E-state index contributed by atoms with van der Waals surface area (Å²) in [5.41, 5.74) is 0. The van der Waals surface area contributed by atoms with Gasteiger partial charge in [0.15, 0.2) is 0 Å². The van der Waals surface area contributed by atoms with Crippen LogP contribution in [0.1, 0.15) is 25.7 Å². The lowest BCUT2D eigenvalue weighted by Crippen LogP contribution is -2.52. The van der Waals surface area contributed by atoms with Crippen LogP contribution < -0.4 is 0 Å². The smallest absolute Gasteiger partial charge is 0.0116 e. The normalized spacial score (nSPS) is 55.3. The van der Waals surface area contributed by atoms with Gasteiger partial charge in [0.25, 0.3) is 0 Å². The van der Waals surface area contributed by atoms with Crippen molar-refractivity contribution >= 4 is 0 Å². The van der Waals surface area contributed by atoms with Crippen molar-refractivity contribution in [3.8, 4) is 0 Å². The second kappa shape index (κ2) is 1.34. The van der Waals surface area contributed by atoms with E-state index in [0.29, 0.717) is 0 Å². The van der Waals surface area contributed by atoms with Gasteiger partial charge in [-0.15, -0.1) is 0 Å². The standard InChI is InChI=1S/C8H13N/c1-2-7-4-8-3-6(1)5-9(7)8/h6-8H,1-5H2. The first-order valence-electron chi connectivity index (χ1n) is 4.19. The van der Waals surface area contributed by atoms with Gasteiger partial charge in [0, 0.05) is 18.6 Å². The summed E-state index contributed by atoms with van der Waals surface area (Å²) in [6.07, 6.45) is 6.13. The van der Waals surface area contributed by atoms with E-state index in [2.05, 4.69) is 4.90 Å². The second-order valence-corrected chi connectivity index (χ2v) is 3.92. The van der Waals surface area contributed by atoms with Crippen molar-refractivity contribution in [3.05, 3.63) is 0 Å². The Morgan fingerprint density at radius 2 is 2.00 bits per heavy atom. The number of fused-ring (bicyclic) bond motifs is 1. The summed E-state index contributed by atoms with van der Waals surface area (Å²) in [7, 11) is 0. The molecule has 9 heavy (non-hydrogen) atoms. The predicted octanol–water partition coefficient (Wildman–Crippen LogP) is 1.24. The molecule has 0 amide bonds. The minimum absolute atomic E-state index is 1.04. The fourth-order valence-corrected chi connectivity index (χ4v) is 2.95. The summed E-state index contributed by atoms with van der Waals surface area (Å²) in [5.74, 6) is 1.11. The Balaban J connectivity index is 1.95. The molecule has 1 heteroatoms. The maximum absolute atomic E-state index is 2.73. The van der Waals surface area contributed by atoms with Crippen LogP contribution in [-0.4, -0.2) is 23.5 Å². The topological polar surface area (TPSA) is 3.24 Å². The van der Waals surface area contributed by atoms with Crippen molar-refractivity contribution in [1.82, 2.24) is 4.90 Å². The lowest BCUT2D eigenvalue weighted by molar-refractivity contribution is 0.0350. The molecular weight excluding hydrogens is 110 g/mol. The lowest BCUT2D eigenvalue weighted by Gasteiger charge is -2.45. The second-order valence-electron chi connectivity index (χ2n) is 3.92. The van der Waals surface area contributed by atoms with Gasteiger partial charge in [0.05, 0.1) is 0 Å². The molecule has 0 spiro atoms. The number of hydrogen-bond donors (Lipinski definition) is 0. The van der Waals surface area contributed by atoms with Crippen LogP contribution in [0.5, 0.6) is 0 Å². The Kier molecular flexibility index (Phi) is 0.704. The van der Waals surface area contributed by atoms with E-state index in [0.717, 1.165) is 18.0 Å². The minimum atomic E-state index is 1.04. The van der Waals surface area contributed by atoms with E-state index >= 15 is 0 Å².